The van der Waals surface area contributed by atoms with E-state index in [2.05, 4.69) is 5.32 Å². The quantitative estimate of drug-likeness (QED) is 0.457. The summed E-state index contributed by atoms with van der Waals surface area (Å²) in [7, 11) is 2.46. The molecule has 0 spiro atoms. The van der Waals surface area contributed by atoms with Gasteiger partial charge in [0.1, 0.15) is 11.2 Å². The Morgan fingerprint density at radius 1 is 0.879 bits per heavy atom. The highest BCUT2D eigenvalue weighted by atomic mass is 16.6. The molecule has 9 heteroatoms. The lowest BCUT2D eigenvalue weighted by Crippen LogP contribution is -2.32. The third kappa shape index (κ3) is 10.4. The van der Waals surface area contributed by atoms with Gasteiger partial charge in [-0.1, -0.05) is 6.07 Å². The molecule has 1 amide bonds. The van der Waals surface area contributed by atoms with Gasteiger partial charge in [-0.15, -0.1) is 0 Å². The van der Waals surface area contributed by atoms with Gasteiger partial charge in [-0.2, -0.15) is 0 Å². The van der Waals surface area contributed by atoms with Gasteiger partial charge in [0.2, 0.25) is 0 Å². The van der Waals surface area contributed by atoms with E-state index in [1.807, 2.05) is 0 Å². The normalized spacial score (nSPS) is 12.4. The zero-order valence-corrected chi connectivity index (χ0v) is 20.7. The number of esters is 3. The molecule has 0 aliphatic carbocycles. The van der Waals surface area contributed by atoms with Crippen LogP contribution in [-0.4, -0.2) is 49.4 Å². The van der Waals surface area contributed by atoms with Crippen LogP contribution in [0, 0.1) is 5.92 Å². The van der Waals surface area contributed by atoms with Gasteiger partial charge in [-0.25, -0.2) is 9.59 Å². The fraction of sp³-hybridized carbons (Fsp3) is 0.583. The molecule has 1 atom stereocenters. The summed E-state index contributed by atoms with van der Waals surface area (Å²) < 4.78 is 20.2. The lowest BCUT2D eigenvalue weighted by atomic mass is 9.91. The Labute approximate surface area is 195 Å². The maximum atomic E-state index is 12.6. The summed E-state index contributed by atoms with van der Waals surface area (Å²) in [4.78, 5) is 48.8. The molecule has 0 heterocycles. The van der Waals surface area contributed by atoms with E-state index >= 15 is 0 Å². The van der Waals surface area contributed by atoms with E-state index in [0.29, 0.717) is 11.1 Å². The number of ether oxygens (including phenoxy) is 4. The molecule has 1 aromatic rings. The number of methoxy groups -OCH3 is 2. The molecule has 9 nitrogen and oxygen atoms in total. The van der Waals surface area contributed by atoms with Crippen molar-refractivity contribution < 1.29 is 38.1 Å². The van der Waals surface area contributed by atoms with Crippen molar-refractivity contribution in [2.45, 2.75) is 72.1 Å². The van der Waals surface area contributed by atoms with E-state index in [-0.39, 0.29) is 24.9 Å². The van der Waals surface area contributed by atoms with Crippen LogP contribution < -0.4 is 5.32 Å². The number of hydrogen-bond donors (Lipinski definition) is 1. The Kier molecular flexibility index (Phi) is 9.88. The Morgan fingerprint density at radius 3 is 2.00 bits per heavy atom. The minimum atomic E-state index is -0.836. The van der Waals surface area contributed by atoms with Crippen molar-refractivity contribution in [3.8, 4) is 0 Å². The fourth-order valence-corrected chi connectivity index (χ4v) is 2.89. The van der Waals surface area contributed by atoms with Crippen LogP contribution in [0.2, 0.25) is 0 Å². The predicted octanol–water partition coefficient (Wildman–Crippen LogP) is 3.56. The highest BCUT2D eigenvalue weighted by Gasteiger charge is 2.26. The van der Waals surface area contributed by atoms with Gasteiger partial charge in [-0.05, 0) is 71.2 Å². The molecule has 0 radical (unpaired) electrons. The third-order valence-corrected chi connectivity index (χ3v) is 4.30. The number of hydrogen-bond acceptors (Lipinski definition) is 8. The van der Waals surface area contributed by atoms with Crippen molar-refractivity contribution in [3.05, 3.63) is 34.9 Å². The van der Waals surface area contributed by atoms with Crippen LogP contribution in [0.15, 0.2) is 18.2 Å². The van der Waals surface area contributed by atoms with Crippen molar-refractivity contribution in [3.63, 3.8) is 0 Å². The summed E-state index contributed by atoms with van der Waals surface area (Å²) >= 11 is 0. The Hall–Kier alpha value is -3.10. The van der Waals surface area contributed by atoms with Crippen LogP contribution in [0.5, 0.6) is 0 Å². The molecule has 0 saturated heterocycles. The first-order valence-corrected chi connectivity index (χ1v) is 10.6. The summed E-state index contributed by atoms with van der Waals surface area (Å²) in [5, 5.41) is 2.67. The minimum Gasteiger partial charge on any atom is -0.469 e. The Morgan fingerprint density at radius 2 is 1.48 bits per heavy atom. The van der Waals surface area contributed by atoms with Gasteiger partial charge in [-0.3, -0.25) is 9.59 Å². The zero-order chi connectivity index (χ0) is 25.4. The van der Waals surface area contributed by atoms with Gasteiger partial charge in [0.05, 0.1) is 32.1 Å². The standard InChI is InChI=1S/C24H35NO8/c1-23(2,3)32-21(28)15-9-10-16(14-25-22(29)33-24(4,5)6)17(11-15)12-18(20(27)31-8)13-19(26)30-7/h9-11,18H,12-14H2,1-8H3,(H,25,29)/t18-/m0/s1. The number of benzene rings is 1. The number of carbonyl (C=O) groups is 4. The molecule has 0 aliphatic rings. The molecule has 0 fully saturated rings. The fourth-order valence-electron chi connectivity index (χ4n) is 2.89. The van der Waals surface area contributed by atoms with Crippen molar-refractivity contribution >= 4 is 24.0 Å². The molecule has 0 aromatic heterocycles. The van der Waals surface area contributed by atoms with Crippen LogP contribution in [0.4, 0.5) is 4.79 Å². The molecule has 1 aromatic carbocycles. The van der Waals surface area contributed by atoms with E-state index in [1.165, 1.54) is 14.2 Å². The Balaban J connectivity index is 3.26. The van der Waals surface area contributed by atoms with Crippen LogP contribution in [0.1, 0.15) is 69.4 Å². The highest BCUT2D eigenvalue weighted by Crippen LogP contribution is 2.22. The van der Waals surface area contributed by atoms with Gasteiger partial charge in [0.15, 0.2) is 0 Å². The van der Waals surface area contributed by atoms with E-state index < -0.39 is 41.1 Å². The summed E-state index contributed by atoms with van der Waals surface area (Å²) in [6.45, 7) is 10.6. The van der Waals surface area contributed by atoms with Gasteiger partial charge >= 0.3 is 24.0 Å². The van der Waals surface area contributed by atoms with Crippen LogP contribution >= 0.6 is 0 Å². The summed E-state index contributed by atoms with van der Waals surface area (Å²) in [5.41, 5.74) is 0.153. The summed E-state index contributed by atoms with van der Waals surface area (Å²) in [6.07, 6.45) is -0.716. The largest absolute Gasteiger partial charge is 0.469 e. The van der Waals surface area contributed by atoms with Gasteiger partial charge < -0.3 is 24.3 Å². The smallest absolute Gasteiger partial charge is 0.407 e. The van der Waals surface area contributed by atoms with E-state index in [9.17, 15) is 19.2 Å². The van der Waals surface area contributed by atoms with E-state index in [4.69, 9.17) is 18.9 Å². The maximum Gasteiger partial charge on any atom is 0.407 e. The monoisotopic (exact) mass is 465 g/mol. The molecule has 0 bridgehead atoms. The zero-order valence-electron chi connectivity index (χ0n) is 20.7. The first-order valence-electron chi connectivity index (χ1n) is 10.6. The van der Waals surface area contributed by atoms with Crippen molar-refractivity contribution in [1.82, 2.24) is 5.32 Å². The van der Waals surface area contributed by atoms with Gasteiger partial charge in [0, 0.05) is 6.54 Å². The number of nitrogens with one attached hydrogen (secondary N) is 1. The second-order valence-electron chi connectivity index (χ2n) is 9.55. The van der Waals surface area contributed by atoms with Crippen molar-refractivity contribution in [2.24, 2.45) is 5.92 Å². The summed E-state index contributed by atoms with van der Waals surface area (Å²) in [5.74, 6) is -2.52. The second-order valence-corrected chi connectivity index (χ2v) is 9.55. The molecule has 1 N–H and O–H groups in total. The first kappa shape index (κ1) is 27.9. The predicted molar refractivity (Wildman–Crippen MR) is 121 cm³/mol. The molecule has 0 saturated carbocycles. The van der Waals surface area contributed by atoms with E-state index in [0.717, 1.165) is 0 Å². The molecular formula is C24H35NO8. The molecule has 184 valence electrons. The minimum absolute atomic E-state index is 0.0870. The molecule has 0 unspecified atom stereocenters. The lowest BCUT2D eigenvalue weighted by molar-refractivity contribution is -0.152. The van der Waals surface area contributed by atoms with E-state index in [1.54, 1.807) is 59.7 Å². The number of rotatable bonds is 8. The second kappa shape index (κ2) is 11.7. The Bertz CT molecular complexity index is 864. The van der Waals surface area contributed by atoms with Gasteiger partial charge in [0.25, 0.3) is 0 Å². The topological polar surface area (TPSA) is 117 Å². The SMILES string of the molecule is COC(=O)C[C@H](Cc1cc(C(=O)OC(C)(C)C)ccc1CNC(=O)OC(C)(C)C)C(=O)OC. The number of alkyl carbamates (subject to hydrolysis) is 1. The first-order chi connectivity index (χ1) is 15.1. The van der Waals surface area contributed by atoms with Crippen LogP contribution in [-0.2, 0) is 41.5 Å². The number of amides is 1. The molecular weight excluding hydrogens is 430 g/mol. The number of carbonyl (C=O) groups excluding carboxylic acids is 4. The lowest BCUT2D eigenvalue weighted by Gasteiger charge is -2.22. The van der Waals surface area contributed by atoms with Crippen LogP contribution in [0.3, 0.4) is 0 Å². The van der Waals surface area contributed by atoms with Crippen molar-refractivity contribution in [2.75, 3.05) is 14.2 Å². The third-order valence-electron chi connectivity index (χ3n) is 4.30. The maximum absolute atomic E-state index is 12.6. The van der Waals surface area contributed by atoms with Crippen molar-refractivity contribution in [1.29, 1.82) is 0 Å². The average molecular weight is 466 g/mol. The molecule has 1 rings (SSSR count). The summed E-state index contributed by atoms with van der Waals surface area (Å²) in [6, 6.07) is 4.84. The molecule has 33 heavy (non-hydrogen) atoms. The molecule has 0 aliphatic heterocycles. The average Bonchev–Trinajstić information content (AvgIpc) is 2.68. The van der Waals surface area contributed by atoms with Crippen LogP contribution in [0.25, 0.3) is 0 Å². The highest BCUT2D eigenvalue weighted by molar-refractivity contribution is 5.90.